The van der Waals surface area contributed by atoms with Crippen LogP contribution < -0.4 is 10.6 Å². The summed E-state index contributed by atoms with van der Waals surface area (Å²) in [6.45, 7) is 0.473. The average Bonchev–Trinajstić information content (AvgIpc) is 2.85. The Labute approximate surface area is 123 Å². The molecule has 2 atom stereocenters. The van der Waals surface area contributed by atoms with Gasteiger partial charge in [0.05, 0.1) is 5.92 Å². The molecular weight excluding hydrogens is 272 g/mol. The molecule has 3 N–H and O–H groups in total. The maximum absolute atomic E-state index is 11.9. The molecule has 0 aliphatic heterocycles. The molecule has 1 fully saturated rings. The van der Waals surface area contributed by atoms with Crippen LogP contribution in [0.3, 0.4) is 0 Å². The molecule has 7 nitrogen and oxygen atoms in total. The van der Waals surface area contributed by atoms with Crippen LogP contribution in [-0.2, 0) is 18.3 Å². The number of nitrogens with zero attached hydrogens (tertiary/aromatic N) is 2. The molecule has 0 radical (unpaired) electrons. The number of nitrogens with one attached hydrogen (secondary N) is 2. The van der Waals surface area contributed by atoms with Gasteiger partial charge in [0.2, 0.25) is 0 Å². The third-order valence-corrected chi connectivity index (χ3v) is 3.95. The highest BCUT2D eigenvalue weighted by molar-refractivity contribution is 5.76. The lowest BCUT2D eigenvalue weighted by Crippen LogP contribution is -2.49. The predicted molar refractivity (Wildman–Crippen MR) is 76.8 cm³/mol. The highest BCUT2D eigenvalue weighted by atomic mass is 16.4. The molecule has 1 heterocycles. The summed E-state index contributed by atoms with van der Waals surface area (Å²) in [5.74, 6) is -0.400. The molecule has 116 valence electrons. The quantitative estimate of drug-likeness (QED) is 0.752. The minimum atomic E-state index is -0.826. The Morgan fingerprint density at radius 2 is 2.19 bits per heavy atom. The molecular formula is C14H22N4O3. The van der Waals surface area contributed by atoms with Gasteiger partial charge >= 0.3 is 12.0 Å². The standard InChI is InChI=1S/C14H22N4O3/c1-18-9-8-15-12(18)6-7-16-14(21)17-11-5-3-2-4-10(11)13(19)20/h8-11H,2-7H2,1H3,(H,19,20)(H2,16,17,21). The normalized spacial score (nSPS) is 21.8. The molecule has 1 aromatic rings. The molecule has 2 rings (SSSR count). The zero-order valence-corrected chi connectivity index (χ0v) is 12.2. The van der Waals surface area contributed by atoms with E-state index in [4.69, 9.17) is 0 Å². The van der Waals surface area contributed by atoms with Gasteiger partial charge in [0.15, 0.2) is 0 Å². The Morgan fingerprint density at radius 1 is 1.43 bits per heavy atom. The number of carboxylic acid groups (broad SMARTS) is 1. The lowest BCUT2D eigenvalue weighted by molar-refractivity contribution is -0.143. The number of urea groups is 1. The summed E-state index contributed by atoms with van der Waals surface area (Å²) in [7, 11) is 1.90. The van der Waals surface area contributed by atoms with Crippen LogP contribution >= 0.6 is 0 Å². The van der Waals surface area contributed by atoms with Crippen molar-refractivity contribution in [1.29, 1.82) is 0 Å². The van der Waals surface area contributed by atoms with Gasteiger partial charge in [-0.25, -0.2) is 9.78 Å². The molecule has 0 bridgehead atoms. The summed E-state index contributed by atoms with van der Waals surface area (Å²) >= 11 is 0. The van der Waals surface area contributed by atoms with Gasteiger partial charge in [-0.2, -0.15) is 0 Å². The highest BCUT2D eigenvalue weighted by Gasteiger charge is 2.31. The van der Waals surface area contributed by atoms with Crippen molar-refractivity contribution in [2.45, 2.75) is 38.1 Å². The topological polar surface area (TPSA) is 96.3 Å². The largest absolute Gasteiger partial charge is 0.481 e. The molecule has 7 heteroatoms. The van der Waals surface area contributed by atoms with Crippen molar-refractivity contribution in [3.8, 4) is 0 Å². The van der Waals surface area contributed by atoms with Crippen LogP contribution in [-0.4, -0.2) is 39.2 Å². The summed E-state index contributed by atoms with van der Waals surface area (Å²) in [6, 6.07) is -0.577. The Bertz CT molecular complexity index is 500. The van der Waals surface area contributed by atoms with E-state index >= 15 is 0 Å². The molecule has 2 unspecified atom stereocenters. The van der Waals surface area contributed by atoms with E-state index in [9.17, 15) is 14.7 Å². The second-order valence-corrected chi connectivity index (χ2v) is 5.44. The first-order valence-electron chi connectivity index (χ1n) is 7.31. The van der Waals surface area contributed by atoms with E-state index in [1.807, 2.05) is 17.8 Å². The molecule has 1 aromatic heterocycles. The van der Waals surface area contributed by atoms with Crippen LogP contribution in [0.5, 0.6) is 0 Å². The monoisotopic (exact) mass is 294 g/mol. The fourth-order valence-electron chi connectivity index (χ4n) is 2.74. The minimum absolute atomic E-state index is 0.274. The molecule has 2 amide bonds. The lowest BCUT2D eigenvalue weighted by Gasteiger charge is -2.29. The van der Waals surface area contributed by atoms with Gasteiger partial charge in [-0.1, -0.05) is 12.8 Å². The first-order valence-corrected chi connectivity index (χ1v) is 7.31. The third-order valence-electron chi connectivity index (χ3n) is 3.95. The molecule has 1 aliphatic carbocycles. The summed E-state index contributed by atoms with van der Waals surface area (Å²) in [4.78, 5) is 27.2. The first kappa shape index (κ1) is 15.3. The number of aryl methyl sites for hydroxylation is 1. The molecule has 0 spiro atoms. The van der Waals surface area contributed by atoms with Gasteiger partial charge in [0.1, 0.15) is 5.82 Å². The lowest BCUT2D eigenvalue weighted by atomic mass is 9.84. The maximum Gasteiger partial charge on any atom is 0.315 e. The molecule has 1 aliphatic rings. The van der Waals surface area contributed by atoms with Crippen LogP contribution in [0.4, 0.5) is 4.79 Å². The van der Waals surface area contributed by atoms with Gasteiger partial charge in [-0.3, -0.25) is 4.79 Å². The SMILES string of the molecule is Cn1ccnc1CCNC(=O)NC1CCCCC1C(=O)O. The van der Waals surface area contributed by atoms with Crippen molar-refractivity contribution in [2.75, 3.05) is 6.54 Å². The van der Waals surface area contributed by atoms with Gasteiger partial charge in [0, 0.05) is 38.4 Å². The Kier molecular flexibility index (Phi) is 5.19. The number of carbonyl (C=O) groups excluding carboxylic acids is 1. The zero-order chi connectivity index (χ0) is 15.2. The number of carboxylic acids is 1. The van der Waals surface area contributed by atoms with Crippen LogP contribution in [0, 0.1) is 5.92 Å². The summed E-state index contributed by atoms with van der Waals surface area (Å²) in [5.41, 5.74) is 0. The summed E-state index contributed by atoms with van der Waals surface area (Å²) < 4.78 is 1.90. The van der Waals surface area contributed by atoms with E-state index in [-0.39, 0.29) is 12.1 Å². The fourth-order valence-corrected chi connectivity index (χ4v) is 2.74. The molecule has 0 aromatic carbocycles. The number of hydrogen-bond donors (Lipinski definition) is 3. The van der Waals surface area contributed by atoms with Crippen molar-refractivity contribution in [3.63, 3.8) is 0 Å². The zero-order valence-electron chi connectivity index (χ0n) is 12.2. The van der Waals surface area contributed by atoms with Crippen LogP contribution in [0.25, 0.3) is 0 Å². The number of rotatable bonds is 5. The van der Waals surface area contributed by atoms with Gasteiger partial charge in [-0.15, -0.1) is 0 Å². The Balaban J connectivity index is 1.75. The number of hydrogen-bond acceptors (Lipinski definition) is 3. The van der Waals surface area contributed by atoms with Crippen LogP contribution in [0.1, 0.15) is 31.5 Å². The minimum Gasteiger partial charge on any atom is -0.481 e. The Morgan fingerprint density at radius 3 is 2.86 bits per heavy atom. The van der Waals surface area contributed by atoms with Crippen molar-refractivity contribution in [2.24, 2.45) is 13.0 Å². The van der Waals surface area contributed by atoms with E-state index in [0.29, 0.717) is 19.4 Å². The van der Waals surface area contributed by atoms with E-state index in [1.54, 1.807) is 6.20 Å². The third kappa shape index (κ3) is 4.21. The second-order valence-electron chi connectivity index (χ2n) is 5.44. The van der Waals surface area contributed by atoms with Crippen molar-refractivity contribution >= 4 is 12.0 Å². The second kappa shape index (κ2) is 7.10. The molecule has 1 saturated carbocycles. The first-order chi connectivity index (χ1) is 10.1. The molecule has 21 heavy (non-hydrogen) atoms. The number of aliphatic carboxylic acids is 1. The van der Waals surface area contributed by atoms with E-state index in [1.165, 1.54) is 0 Å². The number of imidazole rings is 1. The van der Waals surface area contributed by atoms with E-state index in [0.717, 1.165) is 25.1 Å². The maximum atomic E-state index is 11.9. The number of amides is 2. The fraction of sp³-hybridized carbons (Fsp3) is 0.643. The van der Waals surface area contributed by atoms with Crippen molar-refractivity contribution in [1.82, 2.24) is 20.2 Å². The van der Waals surface area contributed by atoms with Crippen molar-refractivity contribution in [3.05, 3.63) is 18.2 Å². The van der Waals surface area contributed by atoms with E-state index in [2.05, 4.69) is 15.6 Å². The Hall–Kier alpha value is -2.05. The summed E-state index contributed by atoms with van der Waals surface area (Å²) in [5, 5.41) is 14.7. The molecule has 0 saturated heterocycles. The summed E-state index contributed by atoms with van der Waals surface area (Å²) in [6.07, 6.45) is 7.45. The van der Waals surface area contributed by atoms with Gasteiger partial charge < -0.3 is 20.3 Å². The smallest absolute Gasteiger partial charge is 0.315 e. The van der Waals surface area contributed by atoms with Crippen LogP contribution in [0.15, 0.2) is 12.4 Å². The van der Waals surface area contributed by atoms with Crippen LogP contribution in [0.2, 0.25) is 0 Å². The predicted octanol–water partition coefficient (Wildman–Crippen LogP) is 0.905. The van der Waals surface area contributed by atoms with Crippen molar-refractivity contribution < 1.29 is 14.7 Å². The number of carbonyl (C=O) groups is 2. The highest BCUT2D eigenvalue weighted by Crippen LogP contribution is 2.24. The number of aromatic nitrogens is 2. The van der Waals surface area contributed by atoms with Gasteiger partial charge in [0.25, 0.3) is 0 Å². The average molecular weight is 294 g/mol. The van der Waals surface area contributed by atoms with E-state index < -0.39 is 11.9 Å². The van der Waals surface area contributed by atoms with Gasteiger partial charge in [-0.05, 0) is 12.8 Å².